The molecule has 1 aliphatic rings. The van der Waals surface area contributed by atoms with Crippen LogP contribution in [0.25, 0.3) is 0 Å². The summed E-state index contributed by atoms with van der Waals surface area (Å²) < 4.78 is 30.0. The molecular weight excluding hydrogens is 242 g/mol. The Labute approximate surface area is 90.6 Å². The SMILES string of the molecule is O=C(O)C(CN1C(=O)CCC1=O)S(=O)(=O)O. The lowest BCUT2D eigenvalue weighted by atomic mass is 10.4. The molecule has 90 valence electrons. The van der Waals surface area contributed by atoms with Crippen molar-refractivity contribution in [1.29, 1.82) is 0 Å². The van der Waals surface area contributed by atoms with Crippen molar-refractivity contribution in [3.05, 3.63) is 0 Å². The van der Waals surface area contributed by atoms with Gasteiger partial charge >= 0.3 is 5.97 Å². The number of amides is 2. The molecule has 1 fully saturated rings. The third kappa shape index (κ3) is 2.55. The summed E-state index contributed by atoms with van der Waals surface area (Å²) in [5.41, 5.74) is 0. The quantitative estimate of drug-likeness (QED) is 0.458. The van der Waals surface area contributed by atoms with Crippen LogP contribution >= 0.6 is 0 Å². The van der Waals surface area contributed by atoms with Gasteiger partial charge in [-0.1, -0.05) is 0 Å². The summed E-state index contributed by atoms with van der Waals surface area (Å²) in [4.78, 5) is 33.3. The maximum atomic E-state index is 11.1. The van der Waals surface area contributed by atoms with E-state index in [0.717, 1.165) is 0 Å². The van der Waals surface area contributed by atoms with Gasteiger partial charge in [-0.05, 0) is 0 Å². The minimum absolute atomic E-state index is 0.0728. The number of hydrogen-bond acceptors (Lipinski definition) is 5. The summed E-state index contributed by atoms with van der Waals surface area (Å²) >= 11 is 0. The highest BCUT2D eigenvalue weighted by molar-refractivity contribution is 7.87. The van der Waals surface area contributed by atoms with E-state index in [4.69, 9.17) is 9.66 Å². The first-order valence-electron chi connectivity index (χ1n) is 4.26. The Bertz CT molecular complexity index is 424. The van der Waals surface area contributed by atoms with Gasteiger partial charge in [0.15, 0.2) is 0 Å². The molecule has 1 rings (SSSR count). The van der Waals surface area contributed by atoms with Crippen molar-refractivity contribution in [2.24, 2.45) is 0 Å². The van der Waals surface area contributed by atoms with Crippen molar-refractivity contribution in [2.45, 2.75) is 18.1 Å². The Morgan fingerprint density at radius 3 is 2.06 bits per heavy atom. The monoisotopic (exact) mass is 251 g/mol. The molecule has 0 aromatic rings. The lowest BCUT2D eigenvalue weighted by Gasteiger charge is -2.17. The molecule has 0 aromatic carbocycles. The topological polar surface area (TPSA) is 129 Å². The van der Waals surface area contributed by atoms with Crippen LogP contribution in [0.15, 0.2) is 0 Å². The molecule has 0 aliphatic carbocycles. The average Bonchev–Trinajstić information content (AvgIpc) is 2.40. The molecule has 8 nitrogen and oxygen atoms in total. The van der Waals surface area contributed by atoms with Crippen molar-refractivity contribution in [1.82, 2.24) is 4.90 Å². The van der Waals surface area contributed by atoms with E-state index >= 15 is 0 Å². The molecule has 9 heteroatoms. The fourth-order valence-corrected chi connectivity index (χ4v) is 1.88. The van der Waals surface area contributed by atoms with Crippen molar-refractivity contribution in [3.8, 4) is 0 Å². The van der Waals surface area contributed by atoms with Crippen molar-refractivity contribution in [3.63, 3.8) is 0 Å². The Morgan fingerprint density at radius 1 is 1.31 bits per heavy atom. The summed E-state index contributed by atoms with van der Waals surface area (Å²) in [5.74, 6) is -3.09. The number of carbonyl (C=O) groups is 3. The van der Waals surface area contributed by atoms with Gasteiger partial charge in [0.1, 0.15) is 0 Å². The number of carboxylic acids is 1. The van der Waals surface area contributed by atoms with E-state index in [1.807, 2.05) is 0 Å². The molecule has 0 saturated carbocycles. The second-order valence-electron chi connectivity index (χ2n) is 3.24. The lowest BCUT2D eigenvalue weighted by Crippen LogP contribution is -2.43. The number of carbonyl (C=O) groups excluding carboxylic acids is 2. The second-order valence-corrected chi connectivity index (χ2v) is 4.84. The van der Waals surface area contributed by atoms with Crippen LogP contribution in [0.1, 0.15) is 12.8 Å². The zero-order chi connectivity index (χ0) is 12.5. The van der Waals surface area contributed by atoms with E-state index < -0.39 is 39.7 Å². The van der Waals surface area contributed by atoms with Crippen molar-refractivity contribution < 1.29 is 32.5 Å². The van der Waals surface area contributed by atoms with Crippen LogP contribution in [0.2, 0.25) is 0 Å². The predicted octanol–water partition coefficient (Wildman–Crippen LogP) is -1.52. The fraction of sp³-hybridized carbons (Fsp3) is 0.571. The normalized spacial score (nSPS) is 18.9. The largest absolute Gasteiger partial charge is 0.480 e. The molecule has 1 atom stereocenters. The summed E-state index contributed by atoms with van der Waals surface area (Å²) in [6.07, 6.45) is -0.146. The molecule has 2 amide bonds. The standard InChI is InChI=1S/C7H9NO7S/c9-5-1-2-6(10)8(5)3-4(7(11)12)16(13,14)15/h4H,1-3H2,(H,11,12)(H,13,14,15). The summed E-state index contributed by atoms with van der Waals surface area (Å²) in [7, 11) is -4.84. The Balaban J connectivity index is 2.89. The van der Waals surface area contributed by atoms with E-state index in [2.05, 4.69) is 0 Å². The van der Waals surface area contributed by atoms with Gasteiger partial charge in [0.05, 0.1) is 6.54 Å². The van der Waals surface area contributed by atoms with Gasteiger partial charge in [-0.3, -0.25) is 23.8 Å². The zero-order valence-electron chi connectivity index (χ0n) is 7.99. The predicted molar refractivity (Wildman–Crippen MR) is 48.9 cm³/mol. The van der Waals surface area contributed by atoms with Crippen molar-refractivity contribution >= 4 is 27.9 Å². The molecule has 0 bridgehead atoms. The number of imide groups is 1. The van der Waals surface area contributed by atoms with E-state index in [1.54, 1.807) is 0 Å². The molecule has 0 radical (unpaired) electrons. The molecule has 16 heavy (non-hydrogen) atoms. The number of nitrogens with zero attached hydrogens (tertiary/aromatic N) is 1. The molecule has 0 spiro atoms. The Kier molecular flexibility index (Phi) is 3.29. The molecular formula is C7H9NO7S. The lowest BCUT2D eigenvalue weighted by molar-refractivity contribution is -0.140. The van der Waals surface area contributed by atoms with E-state index in [9.17, 15) is 22.8 Å². The van der Waals surface area contributed by atoms with Crippen LogP contribution in [-0.2, 0) is 24.5 Å². The number of rotatable bonds is 4. The molecule has 1 saturated heterocycles. The highest BCUT2D eigenvalue weighted by atomic mass is 32.2. The fourth-order valence-electron chi connectivity index (χ4n) is 1.29. The summed E-state index contributed by atoms with van der Waals surface area (Å²) in [5, 5.41) is 6.36. The number of carboxylic acid groups (broad SMARTS) is 1. The molecule has 0 aromatic heterocycles. The van der Waals surface area contributed by atoms with Crippen LogP contribution in [-0.4, -0.2) is 52.6 Å². The van der Waals surface area contributed by atoms with E-state index in [0.29, 0.717) is 4.90 Å². The minimum atomic E-state index is -4.84. The smallest absolute Gasteiger partial charge is 0.326 e. The van der Waals surface area contributed by atoms with Crippen LogP contribution in [0, 0.1) is 0 Å². The van der Waals surface area contributed by atoms with Gasteiger partial charge in [-0.25, -0.2) is 0 Å². The number of aliphatic carboxylic acids is 1. The number of hydrogen-bond donors (Lipinski definition) is 2. The Morgan fingerprint density at radius 2 is 1.75 bits per heavy atom. The summed E-state index contributed by atoms with van der Waals surface area (Å²) in [6.45, 7) is -0.855. The Hall–Kier alpha value is -1.48. The van der Waals surface area contributed by atoms with Gasteiger partial charge in [0.25, 0.3) is 10.1 Å². The van der Waals surface area contributed by atoms with Crippen LogP contribution < -0.4 is 0 Å². The minimum Gasteiger partial charge on any atom is -0.480 e. The second kappa shape index (κ2) is 4.18. The van der Waals surface area contributed by atoms with Crippen molar-refractivity contribution in [2.75, 3.05) is 6.54 Å². The molecule has 1 aliphatic heterocycles. The van der Waals surface area contributed by atoms with Gasteiger partial charge in [-0.15, -0.1) is 0 Å². The van der Waals surface area contributed by atoms with Crippen LogP contribution in [0.4, 0.5) is 0 Å². The molecule has 1 heterocycles. The molecule has 1 unspecified atom stereocenters. The maximum absolute atomic E-state index is 11.1. The van der Waals surface area contributed by atoms with E-state index in [1.165, 1.54) is 0 Å². The zero-order valence-corrected chi connectivity index (χ0v) is 8.81. The first-order valence-corrected chi connectivity index (χ1v) is 5.76. The number of likely N-dealkylation sites (tertiary alicyclic amines) is 1. The van der Waals surface area contributed by atoms with Gasteiger partial charge in [-0.2, -0.15) is 8.42 Å². The van der Waals surface area contributed by atoms with Crippen LogP contribution in [0.3, 0.4) is 0 Å². The molecule has 2 N–H and O–H groups in total. The average molecular weight is 251 g/mol. The van der Waals surface area contributed by atoms with Crippen LogP contribution in [0.5, 0.6) is 0 Å². The van der Waals surface area contributed by atoms with Gasteiger partial charge in [0, 0.05) is 12.8 Å². The highest BCUT2D eigenvalue weighted by Gasteiger charge is 2.38. The first kappa shape index (κ1) is 12.6. The highest BCUT2D eigenvalue weighted by Crippen LogP contribution is 2.14. The van der Waals surface area contributed by atoms with E-state index in [-0.39, 0.29) is 12.8 Å². The first-order chi connectivity index (χ1) is 7.23. The summed E-state index contributed by atoms with van der Waals surface area (Å²) in [6, 6.07) is 0. The van der Waals surface area contributed by atoms with Gasteiger partial charge < -0.3 is 5.11 Å². The third-order valence-electron chi connectivity index (χ3n) is 2.14. The van der Waals surface area contributed by atoms with Gasteiger partial charge in [0.2, 0.25) is 17.1 Å². The third-order valence-corrected chi connectivity index (χ3v) is 3.21. The maximum Gasteiger partial charge on any atom is 0.326 e.